The van der Waals surface area contributed by atoms with Gasteiger partial charge in [-0.05, 0) is 30.7 Å². The molecule has 18 heavy (non-hydrogen) atoms. The molecule has 0 spiro atoms. The molecule has 0 fully saturated rings. The molecule has 0 amide bonds. The van der Waals surface area contributed by atoms with Crippen molar-refractivity contribution < 1.29 is 5.11 Å². The van der Waals surface area contributed by atoms with Crippen LogP contribution in [-0.4, -0.2) is 30.2 Å². The minimum atomic E-state index is -0.0839. The standard InChI is InChI=1S/C16H23NO/c1-4-14(2)12-17(3)13-16-9-7-15(8-10-16)6-5-11-18/h7-10,14,18H,4,11-13H2,1-3H3. The lowest BCUT2D eigenvalue weighted by Gasteiger charge is -2.20. The molecule has 1 unspecified atom stereocenters. The van der Waals surface area contributed by atoms with Crippen LogP contribution < -0.4 is 0 Å². The van der Waals surface area contributed by atoms with Crippen LogP contribution in [0.5, 0.6) is 0 Å². The SMILES string of the molecule is CCC(C)CN(C)Cc1ccc(C#CCO)cc1. The minimum absolute atomic E-state index is 0.0839. The van der Waals surface area contributed by atoms with Gasteiger partial charge in [0.05, 0.1) is 0 Å². The molecule has 0 radical (unpaired) electrons. The van der Waals surface area contributed by atoms with Crippen molar-refractivity contribution in [2.24, 2.45) is 5.92 Å². The molecule has 2 heteroatoms. The summed E-state index contributed by atoms with van der Waals surface area (Å²) in [5.41, 5.74) is 2.26. The summed E-state index contributed by atoms with van der Waals surface area (Å²) in [4.78, 5) is 2.35. The first-order chi connectivity index (χ1) is 8.65. The van der Waals surface area contributed by atoms with Gasteiger partial charge in [-0.3, -0.25) is 0 Å². The Morgan fingerprint density at radius 1 is 1.28 bits per heavy atom. The lowest BCUT2D eigenvalue weighted by atomic mass is 10.1. The third-order valence-corrected chi connectivity index (χ3v) is 3.04. The van der Waals surface area contributed by atoms with Crippen molar-refractivity contribution >= 4 is 0 Å². The van der Waals surface area contributed by atoms with Crippen LogP contribution in [0.4, 0.5) is 0 Å². The maximum atomic E-state index is 8.63. The summed E-state index contributed by atoms with van der Waals surface area (Å²) in [6, 6.07) is 8.23. The van der Waals surface area contributed by atoms with Gasteiger partial charge >= 0.3 is 0 Å². The van der Waals surface area contributed by atoms with Gasteiger partial charge in [-0.2, -0.15) is 0 Å². The van der Waals surface area contributed by atoms with Gasteiger partial charge in [-0.25, -0.2) is 0 Å². The van der Waals surface area contributed by atoms with Crippen LogP contribution in [-0.2, 0) is 6.54 Å². The second kappa shape index (κ2) is 7.92. The largest absolute Gasteiger partial charge is 0.384 e. The predicted molar refractivity (Wildman–Crippen MR) is 76.2 cm³/mol. The maximum absolute atomic E-state index is 8.63. The van der Waals surface area contributed by atoms with Crippen LogP contribution in [0.25, 0.3) is 0 Å². The van der Waals surface area contributed by atoms with Gasteiger partial charge < -0.3 is 10.0 Å². The highest BCUT2D eigenvalue weighted by atomic mass is 16.2. The fourth-order valence-corrected chi connectivity index (χ4v) is 1.87. The summed E-state index contributed by atoms with van der Waals surface area (Å²) < 4.78 is 0. The lowest BCUT2D eigenvalue weighted by molar-refractivity contribution is 0.275. The summed E-state index contributed by atoms with van der Waals surface area (Å²) in [5.74, 6) is 6.30. The Labute approximate surface area is 111 Å². The van der Waals surface area contributed by atoms with Crippen molar-refractivity contribution in [1.29, 1.82) is 0 Å². The molecular formula is C16H23NO. The lowest BCUT2D eigenvalue weighted by Crippen LogP contribution is -2.23. The predicted octanol–water partition coefficient (Wildman–Crippen LogP) is 2.51. The molecule has 0 heterocycles. The highest BCUT2D eigenvalue weighted by Gasteiger charge is 2.04. The zero-order valence-electron chi connectivity index (χ0n) is 11.6. The fraction of sp³-hybridized carbons (Fsp3) is 0.500. The molecule has 0 aliphatic heterocycles. The molecule has 0 bridgehead atoms. The van der Waals surface area contributed by atoms with Crippen LogP contribution in [0.1, 0.15) is 31.4 Å². The zero-order valence-corrected chi connectivity index (χ0v) is 11.6. The monoisotopic (exact) mass is 245 g/mol. The van der Waals surface area contributed by atoms with Gasteiger partial charge in [0.1, 0.15) is 6.61 Å². The van der Waals surface area contributed by atoms with E-state index in [9.17, 15) is 0 Å². The summed E-state index contributed by atoms with van der Waals surface area (Å²) in [5, 5.41) is 8.63. The fourth-order valence-electron chi connectivity index (χ4n) is 1.87. The Bertz CT molecular complexity index is 399. The molecule has 0 saturated carbocycles. The molecule has 1 aromatic rings. The van der Waals surface area contributed by atoms with Gasteiger partial charge in [0, 0.05) is 18.7 Å². The molecule has 98 valence electrons. The van der Waals surface area contributed by atoms with Crippen molar-refractivity contribution in [3.8, 4) is 11.8 Å². The topological polar surface area (TPSA) is 23.5 Å². The molecule has 0 saturated heterocycles. The van der Waals surface area contributed by atoms with Gasteiger partial charge in [0.15, 0.2) is 0 Å². The Hall–Kier alpha value is -1.30. The van der Waals surface area contributed by atoms with Crippen molar-refractivity contribution in [1.82, 2.24) is 4.90 Å². The van der Waals surface area contributed by atoms with Crippen LogP contribution in [0.15, 0.2) is 24.3 Å². The number of aliphatic hydroxyl groups is 1. The Morgan fingerprint density at radius 3 is 2.50 bits per heavy atom. The summed E-state index contributed by atoms with van der Waals surface area (Å²) in [6.45, 7) is 6.53. The highest BCUT2D eigenvalue weighted by Crippen LogP contribution is 2.09. The van der Waals surface area contributed by atoms with Gasteiger partial charge in [-0.15, -0.1) is 0 Å². The first kappa shape index (κ1) is 14.8. The smallest absolute Gasteiger partial charge is 0.104 e. The van der Waals surface area contributed by atoms with Crippen LogP contribution in [0.3, 0.4) is 0 Å². The molecule has 2 nitrogen and oxygen atoms in total. The van der Waals surface area contributed by atoms with E-state index in [-0.39, 0.29) is 6.61 Å². The van der Waals surface area contributed by atoms with E-state index in [1.54, 1.807) is 0 Å². The van der Waals surface area contributed by atoms with E-state index in [4.69, 9.17) is 5.11 Å². The molecule has 0 aliphatic rings. The Balaban J connectivity index is 2.52. The van der Waals surface area contributed by atoms with Gasteiger partial charge in [0.25, 0.3) is 0 Å². The van der Waals surface area contributed by atoms with E-state index in [1.807, 2.05) is 12.1 Å². The second-order valence-corrected chi connectivity index (χ2v) is 4.87. The molecule has 0 aromatic heterocycles. The van der Waals surface area contributed by atoms with Crippen molar-refractivity contribution in [3.05, 3.63) is 35.4 Å². The van der Waals surface area contributed by atoms with Crippen molar-refractivity contribution in [2.45, 2.75) is 26.8 Å². The second-order valence-electron chi connectivity index (χ2n) is 4.87. The normalized spacial score (nSPS) is 12.1. The summed E-state index contributed by atoms with van der Waals surface area (Å²) >= 11 is 0. The number of aliphatic hydroxyl groups excluding tert-OH is 1. The molecular weight excluding hydrogens is 222 g/mol. The van der Waals surface area contributed by atoms with Gasteiger partial charge in [0.2, 0.25) is 0 Å². The van der Waals surface area contributed by atoms with Crippen molar-refractivity contribution in [3.63, 3.8) is 0 Å². The van der Waals surface area contributed by atoms with E-state index in [2.05, 4.69) is 49.8 Å². The van der Waals surface area contributed by atoms with E-state index in [1.165, 1.54) is 12.0 Å². The van der Waals surface area contributed by atoms with Crippen LogP contribution in [0.2, 0.25) is 0 Å². The van der Waals surface area contributed by atoms with Crippen LogP contribution in [0, 0.1) is 17.8 Å². The van der Waals surface area contributed by atoms with E-state index in [0.29, 0.717) is 0 Å². The third kappa shape index (κ3) is 5.35. The van der Waals surface area contributed by atoms with Crippen LogP contribution >= 0.6 is 0 Å². The molecule has 1 atom stereocenters. The van der Waals surface area contributed by atoms with E-state index >= 15 is 0 Å². The number of hydrogen-bond acceptors (Lipinski definition) is 2. The quantitative estimate of drug-likeness (QED) is 0.806. The summed E-state index contributed by atoms with van der Waals surface area (Å²) in [7, 11) is 2.16. The highest BCUT2D eigenvalue weighted by molar-refractivity contribution is 5.36. The van der Waals surface area contributed by atoms with E-state index < -0.39 is 0 Å². The number of rotatable bonds is 5. The maximum Gasteiger partial charge on any atom is 0.104 e. The number of hydrogen-bond donors (Lipinski definition) is 1. The minimum Gasteiger partial charge on any atom is -0.384 e. The first-order valence-electron chi connectivity index (χ1n) is 6.53. The average molecular weight is 245 g/mol. The number of benzene rings is 1. The average Bonchev–Trinajstić information content (AvgIpc) is 2.37. The number of nitrogens with zero attached hydrogens (tertiary/aromatic N) is 1. The molecule has 0 aliphatic carbocycles. The van der Waals surface area contributed by atoms with Gasteiger partial charge in [-0.1, -0.05) is 44.2 Å². The molecule has 1 N–H and O–H groups in total. The molecule has 1 rings (SSSR count). The zero-order chi connectivity index (χ0) is 13.4. The Kier molecular flexibility index (Phi) is 6.49. The first-order valence-corrected chi connectivity index (χ1v) is 6.53. The van der Waals surface area contributed by atoms with E-state index in [0.717, 1.165) is 24.6 Å². The molecule has 1 aromatic carbocycles. The third-order valence-electron chi connectivity index (χ3n) is 3.04. The Morgan fingerprint density at radius 2 is 1.94 bits per heavy atom. The summed E-state index contributed by atoms with van der Waals surface area (Å²) in [6.07, 6.45) is 1.22. The van der Waals surface area contributed by atoms with Crippen molar-refractivity contribution in [2.75, 3.05) is 20.2 Å².